The minimum absolute atomic E-state index is 0.389. The van der Waals surface area contributed by atoms with E-state index in [1.807, 2.05) is 18.3 Å². The lowest BCUT2D eigenvalue weighted by Crippen LogP contribution is -2.05. The van der Waals surface area contributed by atoms with E-state index in [9.17, 15) is 8.78 Å². The van der Waals surface area contributed by atoms with Crippen LogP contribution in [0, 0.1) is 5.95 Å². The third-order valence-electron chi connectivity index (χ3n) is 4.34. The highest BCUT2D eigenvalue weighted by molar-refractivity contribution is 5.79. The minimum Gasteiger partial charge on any atom is -0.366 e. The summed E-state index contributed by atoms with van der Waals surface area (Å²) in [5.41, 5.74) is 3.52. The maximum absolute atomic E-state index is 14.4. The summed E-state index contributed by atoms with van der Waals surface area (Å²) in [6.07, 6.45) is 5.58. The summed E-state index contributed by atoms with van der Waals surface area (Å²) in [4.78, 5) is 15.3. The van der Waals surface area contributed by atoms with E-state index in [0.717, 1.165) is 22.2 Å². The first-order valence-electron chi connectivity index (χ1n) is 8.53. The zero-order chi connectivity index (χ0) is 18.6. The second kappa shape index (κ2) is 7.49. The van der Waals surface area contributed by atoms with E-state index in [1.165, 1.54) is 0 Å². The van der Waals surface area contributed by atoms with Gasteiger partial charge in [0.05, 0.1) is 5.69 Å². The minimum atomic E-state index is -0.589. The molecule has 136 valence electrons. The number of nitrogens with one attached hydrogen (secondary N) is 2. The predicted molar refractivity (Wildman–Crippen MR) is 99.5 cm³/mol. The Labute approximate surface area is 154 Å². The Morgan fingerprint density at radius 3 is 2.74 bits per heavy atom. The van der Waals surface area contributed by atoms with Crippen molar-refractivity contribution >= 4 is 16.9 Å². The number of fused-ring (bicyclic) bond motifs is 1. The number of pyridine rings is 3. The Morgan fingerprint density at radius 2 is 1.96 bits per heavy atom. The Kier molecular flexibility index (Phi) is 4.74. The van der Waals surface area contributed by atoms with Gasteiger partial charge in [0, 0.05) is 42.5 Å². The molecule has 0 aliphatic carbocycles. The number of alkyl halides is 1. The largest absolute Gasteiger partial charge is 0.366 e. The first-order valence-corrected chi connectivity index (χ1v) is 8.53. The molecule has 2 N–H and O–H groups in total. The van der Waals surface area contributed by atoms with Crippen LogP contribution in [0.3, 0.4) is 0 Å². The maximum Gasteiger partial charge on any atom is 0.218 e. The van der Waals surface area contributed by atoms with Crippen molar-refractivity contribution in [1.82, 2.24) is 19.9 Å². The second-order valence-electron chi connectivity index (χ2n) is 6.18. The lowest BCUT2D eigenvalue weighted by atomic mass is 10.1. The van der Waals surface area contributed by atoms with Gasteiger partial charge in [-0.25, -0.2) is 14.4 Å². The van der Waals surface area contributed by atoms with Gasteiger partial charge in [-0.2, -0.15) is 4.39 Å². The summed E-state index contributed by atoms with van der Waals surface area (Å²) in [6.45, 7) is -0.159. The van der Waals surface area contributed by atoms with Crippen LogP contribution in [0.5, 0.6) is 0 Å². The van der Waals surface area contributed by atoms with Gasteiger partial charge in [-0.15, -0.1) is 0 Å². The van der Waals surface area contributed by atoms with E-state index in [1.54, 1.807) is 36.7 Å². The van der Waals surface area contributed by atoms with Crippen LogP contribution < -0.4 is 5.32 Å². The van der Waals surface area contributed by atoms with Gasteiger partial charge in [0.15, 0.2) is 0 Å². The molecule has 4 heterocycles. The van der Waals surface area contributed by atoms with Crippen molar-refractivity contribution < 1.29 is 8.78 Å². The van der Waals surface area contributed by atoms with Crippen molar-refractivity contribution in [2.75, 3.05) is 5.32 Å². The van der Waals surface area contributed by atoms with Crippen molar-refractivity contribution in [3.05, 3.63) is 83.3 Å². The number of hydrogen-bond donors (Lipinski definition) is 2. The predicted octanol–water partition coefficient (Wildman–Crippen LogP) is 4.16. The molecule has 0 saturated heterocycles. The number of aromatic nitrogens is 4. The van der Waals surface area contributed by atoms with Gasteiger partial charge < -0.3 is 10.3 Å². The summed E-state index contributed by atoms with van der Waals surface area (Å²) < 4.78 is 26.9. The van der Waals surface area contributed by atoms with E-state index < -0.39 is 12.6 Å². The number of nitrogens with zero attached hydrogens (tertiary/aromatic N) is 3. The molecule has 0 atom stereocenters. The maximum atomic E-state index is 14.4. The van der Waals surface area contributed by atoms with Crippen molar-refractivity contribution in [1.29, 1.82) is 0 Å². The van der Waals surface area contributed by atoms with Crippen LogP contribution >= 0.6 is 0 Å². The summed E-state index contributed by atoms with van der Waals surface area (Å²) in [6, 6.07) is 10.7. The molecular weight excluding hydrogens is 348 g/mol. The van der Waals surface area contributed by atoms with Crippen LogP contribution in [-0.2, 0) is 19.6 Å². The summed E-state index contributed by atoms with van der Waals surface area (Å²) in [5.74, 6) is -0.0736. The van der Waals surface area contributed by atoms with Crippen molar-refractivity contribution in [3.8, 4) is 0 Å². The number of rotatable bonds is 6. The fraction of sp³-hybridized carbons (Fsp3) is 0.150. The highest BCUT2D eigenvalue weighted by atomic mass is 19.1. The fourth-order valence-corrected chi connectivity index (χ4v) is 2.89. The standard InChI is InChI=1S/C20H17F2N5/c21-9-16-5-3-13(10-24-16)11-25-18-6-4-14(19(22)27-18)8-15-12-26-20-17(15)2-1-7-23-20/h1-7,10,12H,8-9,11H2,(H,23,26)(H,25,27). The molecule has 5 nitrogen and oxygen atoms in total. The second-order valence-corrected chi connectivity index (χ2v) is 6.18. The first kappa shape index (κ1) is 17.1. The van der Waals surface area contributed by atoms with Crippen molar-refractivity contribution in [2.45, 2.75) is 19.6 Å². The Morgan fingerprint density at radius 1 is 1.04 bits per heavy atom. The van der Waals surface area contributed by atoms with Gasteiger partial charge in [-0.3, -0.25) is 4.98 Å². The molecule has 0 aliphatic rings. The van der Waals surface area contributed by atoms with Crippen LogP contribution in [-0.4, -0.2) is 19.9 Å². The van der Waals surface area contributed by atoms with E-state index in [0.29, 0.717) is 30.0 Å². The van der Waals surface area contributed by atoms with Gasteiger partial charge in [-0.05, 0) is 35.4 Å². The molecular formula is C20H17F2N5. The molecule has 0 saturated carbocycles. The number of anilines is 1. The van der Waals surface area contributed by atoms with Crippen LogP contribution in [0.2, 0.25) is 0 Å². The van der Waals surface area contributed by atoms with Gasteiger partial charge in [-0.1, -0.05) is 12.1 Å². The van der Waals surface area contributed by atoms with Crippen molar-refractivity contribution in [3.63, 3.8) is 0 Å². The summed E-state index contributed by atoms with van der Waals surface area (Å²) in [5, 5.41) is 4.03. The van der Waals surface area contributed by atoms with Crippen LogP contribution in [0.1, 0.15) is 22.4 Å². The van der Waals surface area contributed by atoms with Gasteiger partial charge in [0.1, 0.15) is 18.1 Å². The van der Waals surface area contributed by atoms with Gasteiger partial charge >= 0.3 is 0 Å². The molecule has 7 heteroatoms. The number of H-pyrrole nitrogens is 1. The molecule has 27 heavy (non-hydrogen) atoms. The fourth-order valence-electron chi connectivity index (χ4n) is 2.89. The van der Waals surface area contributed by atoms with Crippen LogP contribution in [0.25, 0.3) is 11.0 Å². The van der Waals surface area contributed by atoms with E-state index in [4.69, 9.17) is 0 Å². The molecule has 0 radical (unpaired) electrons. The average Bonchev–Trinajstić information content (AvgIpc) is 3.11. The highest BCUT2D eigenvalue weighted by Crippen LogP contribution is 2.21. The Hall–Kier alpha value is -3.35. The van der Waals surface area contributed by atoms with Crippen LogP contribution in [0.4, 0.5) is 14.6 Å². The molecule has 0 bridgehead atoms. The monoisotopic (exact) mass is 365 g/mol. The van der Waals surface area contributed by atoms with Crippen LogP contribution in [0.15, 0.2) is 55.0 Å². The molecule has 4 aromatic heterocycles. The molecule has 0 unspecified atom stereocenters. The number of hydrogen-bond acceptors (Lipinski definition) is 4. The lowest BCUT2D eigenvalue weighted by molar-refractivity contribution is 0.476. The van der Waals surface area contributed by atoms with E-state index >= 15 is 0 Å². The molecule has 4 rings (SSSR count). The third kappa shape index (κ3) is 3.76. The molecule has 0 aliphatic heterocycles. The zero-order valence-electron chi connectivity index (χ0n) is 14.4. The molecule has 4 aromatic rings. The lowest BCUT2D eigenvalue weighted by Gasteiger charge is -2.08. The van der Waals surface area contributed by atoms with E-state index in [2.05, 4.69) is 25.3 Å². The normalized spacial score (nSPS) is 11.0. The van der Waals surface area contributed by atoms with Crippen molar-refractivity contribution in [2.24, 2.45) is 0 Å². The third-order valence-corrected chi connectivity index (χ3v) is 4.34. The molecule has 0 amide bonds. The van der Waals surface area contributed by atoms with Gasteiger partial charge in [0.25, 0.3) is 0 Å². The Bertz CT molecular complexity index is 1060. The number of halogens is 2. The smallest absolute Gasteiger partial charge is 0.218 e. The Balaban J connectivity index is 1.45. The zero-order valence-corrected chi connectivity index (χ0v) is 14.4. The quantitative estimate of drug-likeness (QED) is 0.504. The topological polar surface area (TPSA) is 66.5 Å². The highest BCUT2D eigenvalue weighted by Gasteiger charge is 2.10. The van der Waals surface area contributed by atoms with E-state index in [-0.39, 0.29) is 0 Å². The molecule has 0 aromatic carbocycles. The number of aromatic amines is 1. The van der Waals surface area contributed by atoms with Gasteiger partial charge in [0.2, 0.25) is 5.95 Å². The molecule has 0 fully saturated rings. The average molecular weight is 365 g/mol. The summed E-state index contributed by atoms with van der Waals surface area (Å²) in [7, 11) is 0. The first-order chi connectivity index (χ1) is 13.2. The SMILES string of the molecule is FCc1ccc(CNc2ccc(Cc3c[nH]c4ncccc34)c(F)n2)cn1. The summed E-state index contributed by atoms with van der Waals surface area (Å²) >= 11 is 0. The molecule has 0 spiro atoms.